The highest BCUT2D eigenvalue weighted by Crippen LogP contribution is 2.38. The Labute approximate surface area is 129 Å². The number of nitrogens with zero attached hydrogens (tertiary/aromatic N) is 1. The standard InChI is InChI=1S/C17H30ClNO/c1-5-7-9-11-13-17(4,12-10-8-6-2)15-14(3)19-16(18)20-15/h5-13H2,1-4H3. The number of hydrogen-bond acceptors (Lipinski definition) is 2. The van der Waals surface area contributed by atoms with E-state index in [0.29, 0.717) is 0 Å². The van der Waals surface area contributed by atoms with E-state index >= 15 is 0 Å². The zero-order valence-electron chi connectivity index (χ0n) is 13.6. The van der Waals surface area contributed by atoms with E-state index in [-0.39, 0.29) is 10.8 Å². The van der Waals surface area contributed by atoms with E-state index in [2.05, 4.69) is 25.8 Å². The highest BCUT2D eigenvalue weighted by Gasteiger charge is 2.32. The molecule has 1 unspecified atom stereocenters. The predicted molar refractivity (Wildman–Crippen MR) is 86.5 cm³/mol. The quantitative estimate of drug-likeness (QED) is 0.464. The second-order valence-corrected chi connectivity index (χ2v) is 6.53. The third-order valence-electron chi connectivity index (χ3n) is 4.23. The van der Waals surface area contributed by atoms with Gasteiger partial charge < -0.3 is 4.42 Å². The van der Waals surface area contributed by atoms with Crippen LogP contribution < -0.4 is 0 Å². The molecule has 0 saturated heterocycles. The first-order chi connectivity index (χ1) is 9.53. The van der Waals surface area contributed by atoms with E-state index in [0.717, 1.165) is 11.5 Å². The number of aryl methyl sites for hydroxylation is 1. The summed E-state index contributed by atoms with van der Waals surface area (Å²) in [5, 5.41) is 0.285. The predicted octanol–water partition coefficient (Wildman–Crippen LogP) is 6.44. The molecule has 0 saturated carbocycles. The Hall–Kier alpha value is -0.500. The molecule has 1 aromatic rings. The number of oxazole rings is 1. The molecule has 0 aliphatic carbocycles. The van der Waals surface area contributed by atoms with Crippen molar-refractivity contribution in [3.63, 3.8) is 0 Å². The Morgan fingerprint density at radius 2 is 1.55 bits per heavy atom. The molecule has 0 bridgehead atoms. The Bertz CT molecular complexity index is 388. The van der Waals surface area contributed by atoms with Gasteiger partial charge in [-0.2, -0.15) is 0 Å². The van der Waals surface area contributed by atoms with Crippen molar-refractivity contribution in [2.24, 2.45) is 0 Å². The minimum absolute atomic E-state index is 0.0904. The largest absolute Gasteiger partial charge is 0.432 e. The highest BCUT2D eigenvalue weighted by molar-refractivity contribution is 6.27. The Morgan fingerprint density at radius 1 is 1.00 bits per heavy atom. The van der Waals surface area contributed by atoms with Crippen molar-refractivity contribution in [1.29, 1.82) is 0 Å². The van der Waals surface area contributed by atoms with Gasteiger partial charge in [-0.05, 0) is 31.4 Å². The molecule has 2 nitrogen and oxygen atoms in total. The van der Waals surface area contributed by atoms with Gasteiger partial charge in [0, 0.05) is 5.41 Å². The number of rotatable bonds is 10. The van der Waals surface area contributed by atoms with Crippen LogP contribution in [0.5, 0.6) is 0 Å². The maximum Gasteiger partial charge on any atom is 0.292 e. The molecular formula is C17H30ClNO. The fourth-order valence-electron chi connectivity index (χ4n) is 2.98. The Balaban J connectivity index is 2.74. The van der Waals surface area contributed by atoms with Crippen molar-refractivity contribution < 1.29 is 4.42 Å². The second-order valence-electron chi connectivity index (χ2n) is 6.21. The molecule has 0 aromatic carbocycles. The summed E-state index contributed by atoms with van der Waals surface area (Å²) < 4.78 is 5.72. The summed E-state index contributed by atoms with van der Waals surface area (Å²) in [4.78, 5) is 4.25. The van der Waals surface area contributed by atoms with Gasteiger partial charge >= 0.3 is 0 Å². The van der Waals surface area contributed by atoms with E-state index in [1.165, 1.54) is 57.8 Å². The molecule has 0 N–H and O–H groups in total. The Kier molecular flexibility index (Phi) is 7.65. The van der Waals surface area contributed by atoms with Crippen LogP contribution in [0.1, 0.15) is 90.0 Å². The lowest BCUT2D eigenvalue weighted by Crippen LogP contribution is -2.22. The molecule has 0 radical (unpaired) electrons. The third-order valence-corrected chi connectivity index (χ3v) is 4.39. The van der Waals surface area contributed by atoms with Crippen LogP contribution >= 0.6 is 11.6 Å². The first-order valence-corrected chi connectivity index (χ1v) is 8.54. The molecule has 0 fully saturated rings. The zero-order chi connectivity index (χ0) is 15.0. The third kappa shape index (κ3) is 5.12. The minimum Gasteiger partial charge on any atom is -0.432 e. The molecule has 0 amide bonds. The number of aromatic nitrogens is 1. The summed E-state index contributed by atoms with van der Waals surface area (Å²) in [6.07, 6.45) is 11.3. The van der Waals surface area contributed by atoms with E-state index in [1.807, 2.05) is 6.92 Å². The summed E-state index contributed by atoms with van der Waals surface area (Å²) in [6, 6.07) is 0. The van der Waals surface area contributed by atoms with Gasteiger partial charge in [0.1, 0.15) is 5.76 Å². The lowest BCUT2D eigenvalue weighted by atomic mass is 9.77. The summed E-state index contributed by atoms with van der Waals surface area (Å²) in [7, 11) is 0. The monoisotopic (exact) mass is 299 g/mol. The van der Waals surface area contributed by atoms with Crippen molar-refractivity contribution in [1.82, 2.24) is 4.98 Å². The number of halogens is 1. The van der Waals surface area contributed by atoms with Crippen LogP contribution in [0.15, 0.2) is 4.42 Å². The first kappa shape index (κ1) is 17.6. The van der Waals surface area contributed by atoms with E-state index in [4.69, 9.17) is 16.0 Å². The van der Waals surface area contributed by atoms with Crippen LogP contribution in [0.4, 0.5) is 0 Å². The topological polar surface area (TPSA) is 26.0 Å². The number of unbranched alkanes of at least 4 members (excludes halogenated alkanes) is 5. The fraction of sp³-hybridized carbons (Fsp3) is 0.824. The van der Waals surface area contributed by atoms with Gasteiger partial charge in [0.15, 0.2) is 0 Å². The zero-order valence-corrected chi connectivity index (χ0v) is 14.4. The number of hydrogen-bond donors (Lipinski definition) is 0. The molecule has 1 aromatic heterocycles. The van der Waals surface area contributed by atoms with Crippen molar-refractivity contribution in [2.45, 2.75) is 90.9 Å². The van der Waals surface area contributed by atoms with Gasteiger partial charge in [0.2, 0.25) is 0 Å². The molecule has 1 atom stereocenters. The van der Waals surface area contributed by atoms with Crippen LogP contribution in [0.2, 0.25) is 5.35 Å². The maximum absolute atomic E-state index is 5.94. The van der Waals surface area contributed by atoms with Gasteiger partial charge in [0.05, 0.1) is 5.69 Å². The van der Waals surface area contributed by atoms with E-state index in [9.17, 15) is 0 Å². The molecule has 0 spiro atoms. The molecule has 1 heterocycles. The molecular weight excluding hydrogens is 270 g/mol. The fourth-order valence-corrected chi connectivity index (χ4v) is 3.19. The lowest BCUT2D eigenvalue weighted by Gasteiger charge is -2.28. The molecule has 3 heteroatoms. The summed E-state index contributed by atoms with van der Waals surface area (Å²) in [5.74, 6) is 1.01. The van der Waals surface area contributed by atoms with Gasteiger partial charge in [-0.25, -0.2) is 4.98 Å². The smallest absolute Gasteiger partial charge is 0.292 e. The van der Waals surface area contributed by atoms with Gasteiger partial charge in [-0.3, -0.25) is 0 Å². The van der Waals surface area contributed by atoms with Gasteiger partial charge in [-0.1, -0.05) is 65.7 Å². The molecule has 20 heavy (non-hydrogen) atoms. The van der Waals surface area contributed by atoms with Crippen LogP contribution in [0, 0.1) is 6.92 Å². The molecule has 1 rings (SSSR count). The average Bonchev–Trinajstić information content (AvgIpc) is 2.75. The normalized spacial score (nSPS) is 14.4. The summed E-state index contributed by atoms with van der Waals surface area (Å²) in [5.41, 5.74) is 1.05. The summed E-state index contributed by atoms with van der Waals surface area (Å²) in [6.45, 7) is 8.82. The lowest BCUT2D eigenvalue weighted by molar-refractivity contribution is 0.298. The van der Waals surface area contributed by atoms with Crippen LogP contribution in [0.3, 0.4) is 0 Å². The van der Waals surface area contributed by atoms with Crippen molar-refractivity contribution in [3.05, 3.63) is 16.8 Å². The van der Waals surface area contributed by atoms with Crippen molar-refractivity contribution in [3.8, 4) is 0 Å². The summed E-state index contributed by atoms with van der Waals surface area (Å²) >= 11 is 5.94. The van der Waals surface area contributed by atoms with Crippen LogP contribution in [0.25, 0.3) is 0 Å². The van der Waals surface area contributed by atoms with Gasteiger partial charge in [-0.15, -0.1) is 0 Å². The van der Waals surface area contributed by atoms with Crippen molar-refractivity contribution >= 4 is 11.6 Å². The van der Waals surface area contributed by atoms with Crippen molar-refractivity contribution in [2.75, 3.05) is 0 Å². The first-order valence-electron chi connectivity index (χ1n) is 8.17. The minimum atomic E-state index is 0.0904. The average molecular weight is 300 g/mol. The van der Waals surface area contributed by atoms with E-state index in [1.54, 1.807) is 0 Å². The molecule has 116 valence electrons. The second kappa shape index (κ2) is 8.71. The van der Waals surface area contributed by atoms with Gasteiger partial charge in [0.25, 0.3) is 5.35 Å². The molecule has 0 aliphatic heterocycles. The van der Waals surface area contributed by atoms with Crippen LogP contribution in [-0.4, -0.2) is 4.98 Å². The van der Waals surface area contributed by atoms with E-state index < -0.39 is 0 Å². The SMILES string of the molecule is CCCCCCC(C)(CCCCC)c1oc(Cl)nc1C. The van der Waals surface area contributed by atoms with Crippen LogP contribution in [-0.2, 0) is 5.41 Å². The molecule has 0 aliphatic rings. The Morgan fingerprint density at radius 3 is 2.05 bits per heavy atom. The maximum atomic E-state index is 5.94. The highest BCUT2D eigenvalue weighted by atomic mass is 35.5.